The highest BCUT2D eigenvalue weighted by molar-refractivity contribution is 6.05. The van der Waals surface area contributed by atoms with E-state index in [9.17, 15) is 4.79 Å². The van der Waals surface area contributed by atoms with Crippen LogP contribution >= 0.6 is 0 Å². The van der Waals surface area contributed by atoms with Crippen LogP contribution in [0.4, 0.5) is 11.4 Å². The van der Waals surface area contributed by atoms with Gasteiger partial charge in [-0.25, -0.2) is 0 Å². The molecule has 1 heterocycles. The largest absolute Gasteiger partial charge is 0.489 e. The lowest BCUT2D eigenvalue weighted by molar-refractivity contribution is 0.102. The summed E-state index contributed by atoms with van der Waals surface area (Å²) < 4.78 is 6.09. The van der Waals surface area contributed by atoms with Crippen LogP contribution in [0.3, 0.4) is 0 Å². The summed E-state index contributed by atoms with van der Waals surface area (Å²) in [5.74, 6) is 1.56. The highest BCUT2D eigenvalue weighted by atomic mass is 16.5. The topological polar surface area (TPSA) is 67.6 Å². The number of carbonyl (C=O) groups is 1. The Hall–Kier alpha value is -2.53. The third-order valence-electron chi connectivity index (χ3n) is 5.07. The number of para-hydroxylation sites is 2. The minimum atomic E-state index is -0.175. The molecule has 0 spiro atoms. The summed E-state index contributed by atoms with van der Waals surface area (Å²) in [6, 6.07) is 14.6. The number of hydrogen-bond donors (Lipinski definition) is 2. The maximum Gasteiger partial charge on any atom is 0.255 e. The van der Waals surface area contributed by atoms with Crippen LogP contribution in [0.25, 0.3) is 0 Å². The van der Waals surface area contributed by atoms with Crippen LogP contribution in [-0.2, 0) is 0 Å². The van der Waals surface area contributed by atoms with E-state index in [1.807, 2.05) is 24.3 Å². The molecule has 2 fully saturated rings. The van der Waals surface area contributed by atoms with E-state index >= 15 is 0 Å². The van der Waals surface area contributed by atoms with Crippen LogP contribution < -0.4 is 15.8 Å². The van der Waals surface area contributed by atoms with Gasteiger partial charge in [0.2, 0.25) is 0 Å². The third kappa shape index (κ3) is 4.17. The summed E-state index contributed by atoms with van der Waals surface area (Å²) in [6.45, 7) is 3.35. The smallest absolute Gasteiger partial charge is 0.255 e. The van der Waals surface area contributed by atoms with Crippen LogP contribution in [0.5, 0.6) is 5.75 Å². The summed E-state index contributed by atoms with van der Waals surface area (Å²) >= 11 is 0. The predicted molar refractivity (Wildman–Crippen MR) is 103 cm³/mol. The Morgan fingerprint density at radius 3 is 2.62 bits per heavy atom. The van der Waals surface area contributed by atoms with Crippen molar-refractivity contribution >= 4 is 17.3 Å². The second kappa shape index (κ2) is 7.38. The number of rotatable bonds is 6. The summed E-state index contributed by atoms with van der Waals surface area (Å²) in [5, 5.41) is 2.84. The van der Waals surface area contributed by atoms with E-state index in [0.29, 0.717) is 16.9 Å². The van der Waals surface area contributed by atoms with Gasteiger partial charge in [-0.05, 0) is 61.6 Å². The van der Waals surface area contributed by atoms with Crippen molar-refractivity contribution < 1.29 is 9.53 Å². The van der Waals surface area contributed by atoms with Crippen molar-refractivity contribution in [2.45, 2.75) is 25.4 Å². The van der Waals surface area contributed by atoms with Gasteiger partial charge in [0, 0.05) is 25.2 Å². The number of likely N-dealkylation sites (tertiary alicyclic amines) is 1. The van der Waals surface area contributed by atoms with Gasteiger partial charge in [-0.3, -0.25) is 9.69 Å². The lowest BCUT2D eigenvalue weighted by Gasteiger charge is -2.16. The molecular formula is C21H25N3O2. The van der Waals surface area contributed by atoms with Gasteiger partial charge in [0.1, 0.15) is 11.9 Å². The molecule has 5 nitrogen and oxygen atoms in total. The molecule has 1 saturated heterocycles. The molecule has 1 aliphatic heterocycles. The SMILES string of the molecule is Nc1ccccc1NC(=O)c1ccc(O[C@H]2CCN(CC3CC3)C2)cc1. The zero-order valence-corrected chi connectivity index (χ0v) is 14.9. The maximum atomic E-state index is 12.4. The van der Waals surface area contributed by atoms with E-state index in [-0.39, 0.29) is 12.0 Å². The summed E-state index contributed by atoms with van der Waals surface area (Å²) in [6.07, 6.45) is 4.10. The number of amides is 1. The average molecular weight is 351 g/mol. The zero-order chi connectivity index (χ0) is 17.9. The molecule has 1 aliphatic carbocycles. The third-order valence-corrected chi connectivity index (χ3v) is 5.07. The molecule has 3 N–H and O–H groups in total. The fourth-order valence-electron chi connectivity index (χ4n) is 3.41. The molecule has 1 atom stereocenters. The Morgan fingerprint density at radius 2 is 1.88 bits per heavy atom. The van der Waals surface area contributed by atoms with E-state index in [1.54, 1.807) is 24.3 Å². The van der Waals surface area contributed by atoms with Crippen LogP contribution in [0.1, 0.15) is 29.6 Å². The van der Waals surface area contributed by atoms with E-state index in [1.165, 1.54) is 19.4 Å². The number of ether oxygens (including phenoxy) is 1. The molecule has 0 bridgehead atoms. The van der Waals surface area contributed by atoms with E-state index < -0.39 is 0 Å². The molecule has 2 aromatic rings. The number of nitrogens with one attached hydrogen (secondary N) is 1. The minimum absolute atomic E-state index is 0.175. The Kier molecular flexibility index (Phi) is 4.80. The van der Waals surface area contributed by atoms with Gasteiger partial charge >= 0.3 is 0 Å². The number of hydrogen-bond acceptors (Lipinski definition) is 4. The predicted octanol–water partition coefficient (Wildman–Crippen LogP) is 3.38. The molecule has 1 saturated carbocycles. The minimum Gasteiger partial charge on any atom is -0.489 e. The van der Waals surface area contributed by atoms with Gasteiger partial charge in [0.25, 0.3) is 5.91 Å². The number of benzene rings is 2. The first-order valence-electron chi connectivity index (χ1n) is 9.32. The molecule has 136 valence electrons. The van der Waals surface area contributed by atoms with Crippen molar-refractivity contribution in [2.24, 2.45) is 5.92 Å². The quantitative estimate of drug-likeness (QED) is 0.783. The second-order valence-electron chi connectivity index (χ2n) is 7.30. The first kappa shape index (κ1) is 16.9. The Morgan fingerprint density at radius 1 is 1.12 bits per heavy atom. The van der Waals surface area contributed by atoms with Gasteiger partial charge in [-0.2, -0.15) is 0 Å². The van der Waals surface area contributed by atoms with Crippen LogP contribution in [0, 0.1) is 5.92 Å². The van der Waals surface area contributed by atoms with Gasteiger partial charge in [-0.1, -0.05) is 12.1 Å². The summed E-state index contributed by atoms with van der Waals surface area (Å²) in [4.78, 5) is 14.9. The molecule has 5 heteroatoms. The molecule has 26 heavy (non-hydrogen) atoms. The van der Waals surface area contributed by atoms with Crippen LogP contribution in [0.15, 0.2) is 48.5 Å². The number of carbonyl (C=O) groups excluding carboxylic acids is 1. The average Bonchev–Trinajstić information content (AvgIpc) is 3.35. The Labute approximate surface area is 154 Å². The van der Waals surface area contributed by atoms with E-state index in [4.69, 9.17) is 10.5 Å². The van der Waals surface area contributed by atoms with Gasteiger partial charge in [0.05, 0.1) is 11.4 Å². The number of nitrogens with two attached hydrogens (primary N) is 1. The molecule has 0 aromatic heterocycles. The molecule has 2 aromatic carbocycles. The highest BCUT2D eigenvalue weighted by Gasteiger charge is 2.29. The van der Waals surface area contributed by atoms with Crippen molar-refractivity contribution in [3.8, 4) is 5.75 Å². The fraction of sp³-hybridized carbons (Fsp3) is 0.381. The number of anilines is 2. The summed E-state index contributed by atoms with van der Waals surface area (Å²) in [5.41, 5.74) is 7.63. The lowest BCUT2D eigenvalue weighted by Crippen LogP contribution is -2.26. The van der Waals surface area contributed by atoms with Crippen molar-refractivity contribution in [2.75, 3.05) is 30.7 Å². The monoisotopic (exact) mass is 351 g/mol. The maximum absolute atomic E-state index is 12.4. The van der Waals surface area contributed by atoms with Crippen molar-refractivity contribution in [3.05, 3.63) is 54.1 Å². The lowest BCUT2D eigenvalue weighted by atomic mass is 10.2. The van der Waals surface area contributed by atoms with Crippen LogP contribution in [-0.4, -0.2) is 36.5 Å². The normalized spacial score (nSPS) is 20.1. The first-order chi connectivity index (χ1) is 12.7. The van der Waals surface area contributed by atoms with Gasteiger partial charge in [0.15, 0.2) is 0 Å². The molecular weight excluding hydrogens is 326 g/mol. The zero-order valence-electron chi connectivity index (χ0n) is 14.9. The molecule has 4 rings (SSSR count). The Bertz CT molecular complexity index is 771. The number of nitrogen functional groups attached to an aromatic ring is 1. The molecule has 0 radical (unpaired) electrons. The van der Waals surface area contributed by atoms with Gasteiger partial charge in [-0.15, -0.1) is 0 Å². The standard InChI is InChI=1S/C21H25N3O2/c22-19-3-1-2-4-20(19)23-21(25)16-7-9-17(10-8-16)26-18-11-12-24(14-18)13-15-5-6-15/h1-4,7-10,15,18H,5-6,11-14,22H2,(H,23,25)/t18-/m0/s1. The summed E-state index contributed by atoms with van der Waals surface area (Å²) in [7, 11) is 0. The van der Waals surface area contributed by atoms with E-state index in [2.05, 4.69) is 10.2 Å². The van der Waals surface area contributed by atoms with E-state index in [0.717, 1.165) is 31.2 Å². The van der Waals surface area contributed by atoms with Crippen molar-refractivity contribution in [1.29, 1.82) is 0 Å². The molecule has 1 amide bonds. The Balaban J connectivity index is 1.31. The fourth-order valence-corrected chi connectivity index (χ4v) is 3.41. The highest BCUT2D eigenvalue weighted by Crippen LogP contribution is 2.31. The molecule has 2 aliphatic rings. The van der Waals surface area contributed by atoms with Crippen molar-refractivity contribution in [3.63, 3.8) is 0 Å². The first-order valence-corrected chi connectivity index (χ1v) is 9.32. The van der Waals surface area contributed by atoms with Gasteiger partial charge < -0.3 is 15.8 Å². The second-order valence-corrected chi connectivity index (χ2v) is 7.30. The number of nitrogens with zero attached hydrogens (tertiary/aromatic N) is 1. The van der Waals surface area contributed by atoms with Crippen molar-refractivity contribution in [1.82, 2.24) is 4.90 Å². The van der Waals surface area contributed by atoms with Crippen LogP contribution in [0.2, 0.25) is 0 Å². The molecule has 0 unspecified atom stereocenters.